The summed E-state index contributed by atoms with van der Waals surface area (Å²) < 4.78 is 10.6. The predicted octanol–water partition coefficient (Wildman–Crippen LogP) is 2.59. The van der Waals surface area contributed by atoms with Gasteiger partial charge in [-0.1, -0.05) is 54.6 Å². The Balaban J connectivity index is 1.82. The number of nitrogens with zero attached hydrogens (tertiary/aromatic N) is 1. The molecular weight excluding hydrogens is 302 g/mol. The van der Waals surface area contributed by atoms with E-state index in [0.29, 0.717) is 0 Å². The first kappa shape index (κ1) is 17.1. The van der Waals surface area contributed by atoms with Gasteiger partial charge in [-0.15, -0.1) is 0 Å². The number of methoxy groups -OCH3 is 2. The second-order valence-corrected chi connectivity index (χ2v) is 6.26. The summed E-state index contributed by atoms with van der Waals surface area (Å²) in [5.41, 5.74) is 3.85. The van der Waals surface area contributed by atoms with E-state index >= 15 is 0 Å². The van der Waals surface area contributed by atoms with Gasteiger partial charge in [-0.05, 0) is 23.1 Å². The number of aliphatic hydroxyl groups is 1. The van der Waals surface area contributed by atoms with Gasteiger partial charge in [0.1, 0.15) is 6.10 Å². The van der Waals surface area contributed by atoms with Crippen molar-refractivity contribution in [2.75, 3.05) is 14.2 Å². The highest BCUT2D eigenvalue weighted by molar-refractivity contribution is 5.31. The van der Waals surface area contributed by atoms with Gasteiger partial charge < -0.3 is 14.6 Å². The normalized spacial score (nSPS) is 17.0. The molecule has 0 saturated carbocycles. The molecule has 24 heavy (non-hydrogen) atoms. The fraction of sp³-hybridized carbons (Fsp3) is 0.400. The molecule has 1 heterocycles. The lowest BCUT2D eigenvalue weighted by Crippen LogP contribution is -2.49. The maximum atomic E-state index is 10.9. The lowest BCUT2D eigenvalue weighted by molar-refractivity contribution is -0.182. The van der Waals surface area contributed by atoms with Crippen LogP contribution in [-0.2, 0) is 29.0 Å². The van der Waals surface area contributed by atoms with Gasteiger partial charge in [0, 0.05) is 33.4 Å². The summed E-state index contributed by atoms with van der Waals surface area (Å²) >= 11 is 0. The van der Waals surface area contributed by atoms with E-state index < -0.39 is 12.4 Å². The Kier molecular flexibility index (Phi) is 5.63. The molecule has 3 rings (SSSR count). The van der Waals surface area contributed by atoms with Gasteiger partial charge in [0.25, 0.3) is 0 Å². The van der Waals surface area contributed by atoms with Crippen molar-refractivity contribution < 1.29 is 14.6 Å². The molecule has 0 aromatic heterocycles. The number of fused-ring (bicyclic) bond motifs is 1. The Morgan fingerprint density at radius 1 is 0.917 bits per heavy atom. The SMILES string of the molecule is COC(OC)[C@@H](O)[C@H](Cc1ccccc1)N1Cc2ccccc2C1. The molecule has 0 fully saturated rings. The molecule has 0 bridgehead atoms. The predicted molar refractivity (Wildman–Crippen MR) is 93.4 cm³/mol. The lowest BCUT2D eigenvalue weighted by Gasteiger charge is -2.34. The van der Waals surface area contributed by atoms with Gasteiger partial charge in [-0.2, -0.15) is 0 Å². The van der Waals surface area contributed by atoms with Crippen molar-refractivity contribution in [3.05, 3.63) is 71.3 Å². The molecule has 2 atom stereocenters. The molecular formula is C20H25NO3. The zero-order valence-corrected chi connectivity index (χ0v) is 14.3. The van der Waals surface area contributed by atoms with Crippen molar-refractivity contribution in [3.8, 4) is 0 Å². The van der Waals surface area contributed by atoms with Gasteiger partial charge in [0.05, 0.1) is 0 Å². The third-order valence-electron chi connectivity index (χ3n) is 4.76. The number of benzene rings is 2. The van der Waals surface area contributed by atoms with Crippen molar-refractivity contribution in [1.82, 2.24) is 4.90 Å². The van der Waals surface area contributed by atoms with Crippen LogP contribution in [0.15, 0.2) is 54.6 Å². The van der Waals surface area contributed by atoms with Crippen LogP contribution in [0.2, 0.25) is 0 Å². The zero-order valence-electron chi connectivity index (χ0n) is 14.3. The van der Waals surface area contributed by atoms with E-state index in [4.69, 9.17) is 9.47 Å². The zero-order chi connectivity index (χ0) is 16.9. The minimum Gasteiger partial charge on any atom is -0.386 e. The van der Waals surface area contributed by atoms with Crippen molar-refractivity contribution in [2.45, 2.75) is 37.9 Å². The van der Waals surface area contributed by atoms with Crippen LogP contribution in [0.3, 0.4) is 0 Å². The Morgan fingerprint density at radius 2 is 1.46 bits per heavy atom. The lowest BCUT2D eigenvalue weighted by atomic mass is 9.99. The van der Waals surface area contributed by atoms with Gasteiger partial charge in [-0.25, -0.2) is 0 Å². The topological polar surface area (TPSA) is 41.9 Å². The fourth-order valence-electron chi connectivity index (χ4n) is 3.47. The van der Waals surface area contributed by atoms with Crippen molar-refractivity contribution >= 4 is 0 Å². The minimum atomic E-state index is -0.727. The van der Waals surface area contributed by atoms with E-state index in [2.05, 4.69) is 41.3 Å². The van der Waals surface area contributed by atoms with E-state index in [1.807, 2.05) is 18.2 Å². The van der Waals surface area contributed by atoms with Crippen molar-refractivity contribution in [3.63, 3.8) is 0 Å². The highest BCUT2D eigenvalue weighted by Gasteiger charge is 2.35. The molecule has 0 spiro atoms. The highest BCUT2D eigenvalue weighted by Crippen LogP contribution is 2.28. The first-order valence-corrected chi connectivity index (χ1v) is 8.31. The molecule has 4 nitrogen and oxygen atoms in total. The summed E-state index contributed by atoms with van der Waals surface area (Å²) in [7, 11) is 3.13. The Labute approximate surface area is 143 Å². The van der Waals surface area contributed by atoms with E-state index in [9.17, 15) is 5.11 Å². The Morgan fingerprint density at radius 3 is 2.00 bits per heavy atom. The summed E-state index contributed by atoms with van der Waals surface area (Å²) in [6.45, 7) is 1.68. The number of hydrogen-bond donors (Lipinski definition) is 1. The van der Waals surface area contributed by atoms with Crippen LogP contribution in [0.1, 0.15) is 16.7 Å². The van der Waals surface area contributed by atoms with Crippen LogP contribution in [0.25, 0.3) is 0 Å². The van der Waals surface area contributed by atoms with E-state index in [1.165, 1.54) is 16.7 Å². The molecule has 0 amide bonds. The quantitative estimate of drug-likeness (QED) is 0.794. The van der Waals surface area contributed by atoms with Crippen LogP contribution < -0.4 is 0 Å². The molecule has 2 aromatic rings. The first-order chi connectivity index (χ1) is 11.7. The van der Waals surface area contributed by atoms with Gasteiger partial charge in [-0.3, -0.25) is 4.90 Å². The second kappa shape index (κ2) is 7.90. The average Bonchev–Trinajstić information content (AvgIpc) is 3.05. The second-order valence-electron chi connectivity index (χ2n) is 6.26. The van der Waals surface area contributed by atoms with Crippen LogP contribution in [0.4, 0.5) is 0 Å². The summed E-state index contributed by atoms with van der Waals surface area (Å²) in [6, 6.07) is 18.6. The number of aliphatic hydroxyl groups excluding tert-OH is 1. The Hall–Kier alpha value is -1.72. The molecule has 2 aromatic carbocycles. The molecule has 0 unspecified atom stereocenters. The molecule has 1 N–H and O–H groups in total. The van der Waals surface area contributed by atoms with E-state index in [1.54, 1.807) is 14.2 Å². The maximum Gasteiger partial charge on any atom is 0.184 e. The smallest absolute Gasteiger partial charge is 0.184 e. The Bertz CT molecular complexity index is 617. The third kappa shape index (κ3) is 3.68. The van der Waals surface area contributed by atoms with Crippen molar-refractivity contribution in [1.29, 1.82) is 0 Å². The summed E-state index contributed by atoms with van der Waals surface area (Å²) in [5.74, 6) is 0. The van der Waals surface area contributed by atoms with Gasteiger partial charge in [0.15, 0.2) is 6.29 Å². The van der Waals surface area contributed by atoms with E-state index in [-0.39, 0.29) is 6.04 Å². The number of hydrogen-bond acceptors (Lipinski definition) is 4. The van der Waals surface area contributed by atoms with E-state index in [0.717, 1.165) is 19.5 Å². The average molecular weight is 327 g/mol. The molecule has 128 valence electrons. The van der Waals surface area contributed by atoms with Crippen LogP contribution >= 0.6 is 0 Å². The highest BCUT2D eigenvalue weighted by atomic mass is 16.7. The van der Waals surface area contributed by atoms with Gasteiger partial charge in [0.2, 0.25) is 0 Å². The minimum absolute atomic E-state index is 0.0790. The molecule has 0 saturated heterocycles. The monoisotopic (exact) mass is 327 g/mol. The van der Waals surface area contributed by atoms with Crippen LogP contribution in [-0.4, -0.2) is 42.7 Å². The summed E-state index contributed by atoms with van der Waals surface area (Å²) in [6.07, 6.45) is -0.615. The number of ether oxygens (including phenoxy) is 2. The molecule has 4 heteroatoms. The molecule has 0 radical (unpaired) electrons. The fourth-order valence-corrected chi connectivity index (χ4v) is 3.47. The molecule has 1 aliphatic rings. The van der Waals surface area contributed by atoms with Gasteiger partial charge >= 0.3 is 0 Å². The molecule has 1 aliphatic heterocycles. The summed E-state index contributed by atoms with van der Waals surface area (Å²) in [5, 5.41) is 10.9. The maximum absolute atomic E-state index is 10.9. The largest absolute Gasteiger partial charge is 0.386 e. The van der Waals surface area contributed by atoms with Crippen LogP contribution in [0.5, 0.6) is 0 Å². The first-order valence-electron chi connectivity index (χ1n) is 8.31. The standard InChI is InChI=1S/C20H25NO3/c1-23-20(24-2)19(22)18(12-15-8-4-3-5-9-15)21-13-16-10-6-7-11-17(16)14-21/h3-11,18-20,22H,12-14H2,1-2H3/t18-,19-/m0/s1. The number of rotatable bonds is 7. The summed E-state index contributed by atoms with van der Waals surface area (Å²) in [4.78, 5) is 2.31. The van der Waals surface area contributed by atoms with Crippen molar-refractivity contribution in [2.24, 2.45) is 0 Å². The molecule has 0 aliphatic carbocycles. The third-order valence-corrected chi connectivity index (χ3v) is 4.76. The van der Waals surface area contributed by atoms with Crippen LogP contribution in [0, 0.1) is 0 Å².